The third-order valence-corrected chi connectivity index (χ3v) is 2.88. The van der Waals surface area contributed by atoms with Crippen molar-refractivity contribution in [1.82, 2.24) is 5.32 Å². The molecule has 2 N–H and O–H groups in total. The van der Waals surface area contributed by atoms with Crippen LogP contribution in [0.5, 0.6) is 0 Å². The molecule has 0 bridgehead atoms. The van der Waals surface area contributed by atoms with Crippen molar-refractivity contribution in [2.45, 2.75) is 19.9 Å². The predicted molar refractivity (Wildman–Crippen MR) is 74.8 cm³/mol. The van der Waals surface area contributed by atoms with Gasteiger partial charge in [-0.3, -0.25) is 14.5 Å². The van der Waals surface area contributed by atoms with Crippen LogP contribution in [-0.4, -0.2) is 29.6 Å². The molecule has 0 heterocycles. The van der Waals surface area contributed by atoms with E-state index in [1.165, 1.54) is 12.1 Å². The third kappa shape index (κ3) is 3.96. The Balaban J connectivity index is 3.06. The largest absolute Gasteiger partial charge is 0.465 e. The van der Waals surface area contributed by atoms with E-state index in [-0.39, 0.29) is 11.6 Å². The lowest BCUT2D eigenvalue weighted by Gasteiger charge is -2.25. The lowest BCUT2D eigenvalue weighted by Crippen LogP contribution is -2.50. The van der Waals surface area contributed by atoms with Gasteiger partial charge in [0.15, 0.2) is 0 Å². The van der Waals surface area contributed by atoms with Crippen LogP contribution >= 0.6 is 11.6 Å². The Morgan fingerprint density at radius 1 is 1.40 bits per heavy atom. The first-order valence-corrected chi connectivity index (χ1v) is 6.28. The molecule has 7 heteroatoms. The van der Waals surface area contributed by atoms with E-state index in [2.05, 4.69) is 5.32 Å². The molecule has 0 aliphatic rings. The van der Waals surface area contributed by atoms with Gasteiger partial charge in [0, 0.05) is 5.02 Å². The molecule has 0 aromatic heterocycles. The molecule has 0 aliphatic heterocycles. The number of carbonyl (C=O) groups excluding carboxylic acids is 2. The zero-order valence-electron chi connectivity index (χ0n) is 11.0. The Hall–Kier alpha value is -2.08. The van der Waals surface area contributed by atoms with Crippen LogP contribution < -0.4 is 10.2 Å². The number of rotatable bonds is 5. The van der Waals surface area contributed by atoms with E-state index in [9.17, 15) is 14.4 Å². The smallest absolute Gasteiger partial charge is 0.405 e. The second-order valence-electron chi connectivity index (χ2n) is 4.46. The van der Waals surface area contributed by atoms with Crippen molar-refractivity contribution in [3.05, 3.63) is 29.3 Å². The number of amides is 3. The first kappa shape index (κ1) is 16.0. The minimum absolute atomic E-state index is 0.287. The highest BCUT2D eigenvalue weighted by Crippen LogP contribution is 2.20. The van der Waals surface area contributed by atoms with Crippen LogP contribution in [0.2, 0.25) is 5.02 Å². The molecule has 108 valence electrons. The highest BCUT2D eigenvalue weighted by molar-refractivity contribution is 6.31. The summed E-state index contributed by atoms with van der Waals surface area (Å²) in [7, 11) is 0. The number of anilines is 1. The first-order chi connectivity index (χ1) is 9.36. The minimum Gasteiger partial charge on any atom is -0.465 e. The van der Waals surface area contributed by atoms with Gasteiger partial charge < -0.3 is 10.4 Å². The summed E-state index contributed by atoms with van der Waals surface area (Å²) >= 11 is 5.81. The number of imide groups is 1. The maximum Gasteiger partial charge on any atom is 0.405 e. The van der Waals surface area contributed by atoms with E-state index in [4.69, 9.17) is 16.7 Å². The number of halogens is 1. The molecular formula is C13H15ClN2O4. The van der Waals surface area contributed by atoms with Gasteiger partial charge in [0.05, 0.1) is 5.69 Å². The number of nitrogens with zero attached hydrogens (tertiary/aromatic N) is 1. The quantitative estimate of drug-likeness (QED) is 0.815. The lowest BCUT2D eigenvalue weighted by atomic mass is 10.0. The zero-order chi connectivity index (χ0) is 15.3. The van der Waals surface area contributed by atoms with Gasteiger partial charge in [0.2, 0.25) is 6.41 Å². The number of benzene rings is 1. The van der Waals surface area contributed by atoms with E-state index in [1.807, 2.05) is 0 Å². The van der Waals surface area contributed by atoms with E-state index < -0.39 is 18.0 Å². The standard InChI is InChI=1S/C13H15ClN2O4/c1-8(2)11(15-13(19)20)12(18)16(7-17)10-5-3-4-9(14)6-10/h3-8,11,15H,1-2H3,(H,19,20). The summed E-state index contributed by atoms with van der Waals surface area (Å²) in [6.07, 6.45) is -0.985. The fourth-order valence-corrected chi connectivity index (χ4v) is 1.85. The molecule has 0 saturated carbocycles. The Labute approximate surface area is 121 Å². The molecule has 6 nitrogen and oxygen atoms in total. The van der Waals surface area contributed by atoms with Crippen LogP contribution in [0.25, 0.3) is 0 Å². The highest BCUT2D eigenvalue weighted by atomic mass is 35.5. The van der Waals surface area contributed by atoms with E-state index in [0.29, 0.717) is 11.4 Å². The molecule has 1 unspecified atom stereocenters. The number of hydrogen-bond acceptors (Lipinski definition) is 3. The van der Waals surface area contributed by atoms with Crippen LogP contribution in [0.3, 0.4) is 0 Å². The van der Waals surface area contributed by atoms with Gasteiger partial charge in [-0.15, -0.1) is 0 Å². The number of carboxylic acid groups (broad SMARTS) is 1. The van der Waals surface area contributed by atoms with E-state index in [0.717, 1.165) is 4.90 Å². The maximum atomic E-state index is 12.3. The molecular weight excluding hydrogens is 284 g/mol. The summed E-state index contributed by atoms with van der Waals surface area (Å²) in [6.45, 7) is 3.36. The van der Waals surface area contributed by atoms with Crippen LogP contribution in [0.15, 0.2) is 24.3 Å². The van der Waals surface area contributed by atoms with Crippen molar-refractivity contribution >= 4 is 35.7 Å². The molecule has 0 fully saturated rings. The fourth-order valence-electron chi connectivity index (χ4n) is 1.66. The molecule has 20 heavy (non-hydrogen) atoms. The second kappa shape index (κ2) is 6.91. The summed E-state index contributed by atoms with van der Waals surface area (Å²) < 4.78 is 0. The normalized spacial score (nSPS) is 11.8. The summed E-state index contributed by atoms with van der Waals surface area (Å²) in [5, 5.41) is 11.2. The number of nitrogens with one attached hydrogen (secondary N) is 1. The number of hydrogen-bond donors (Lipinski definition) is 2. The topological polar surface area (TPSA) is 86.7 Å². The fraction of sp³-hybridized carbons (Fsp3) is 0.308. The Bertz CT molecular complexity index is 519. The molecule has 1 aromatic carbocycles. The monoisotopic (exact) mass is 298 g/mol. The second-order valence-corrected chi connectivity index (χ2v) is 4.90. The van der Waals surface area contributed by atoms with Crippen molar-refractivity contribution in [3.8, 4) is 0 Å². The predicted octanol–water partition coefficient (Wildman–Crippen LogP) is 2.12. The zero-order valence-corrected chi connectivity index (χ0v) is 11.8. The van der Waals surface area contributed by atoms with Crippen molar-refractivity contribution in [2.75, 3.05) is 4.90 Å². The third-order valence-electron chi connectivity index (χ3n) is 2.64. The van der Waals surface area contributed by atoms with E-state index >= 15 is 0 Å². The summed E-state index contributed by atoms with van der Waals surface area (Å²) in [6, 6.07) is 5.17. The van der Waals surface area contributed by atoms with Crippen LogP contribution in [-0.2, 0) is 9.59 Å². The van der Waals surface area contributed by atoms with Gasteiger partial charge in [-0.25, -0.2) is 4.79 Å². The molecule has 0 saturated heterocycles. The molecule has 0 spiro atoms. The van der Waals surface area contributed by atoms with Crippen LogP contribution in [0, 0.1) is 5.92 Å². The minimum atomic E-state index is -1.33. The summed E-state index contributed by atoms with van der Waals surface area (Å²) in [5.41, 5.74) is 0.287. The molecule has 1 rings (SSSR count). The highest BCUT2D eigenvalue weighted by Gasteiger charge is 2.29. The van der Waals surface area contributed by atoms with Crippen LogP contribution in [0.1, 0.15) is 13.8 Å². The average Bonchev–Trinajstić information content (AvgIpc) is 2.36. The van der Waals surface area contributed by atoms with E-state index in [1.54, 1.807) is 26.0 Å². The molecule has 1 atom stereocenters. The van der Waals surface area contributed by atoms with Crippen molar-refractivity contribution in [1.29, 1.82) is 0 Å². The first-order valence-electron chi connectivity index (χ1n) is 5.90. The van der Waals surface area contributed by atoms with Crippen molar-refractivity contribution in [3.63, 3.8) is 0 Å². The molecule has 3 amide bonds. The van der Waals surface area contributed by atoms with Crippen LogP contribution in [0.4, 0.5) is 10.5 Å². The summed E-state index contributed by atoms with van der Waals surface area (Å²) in [5.74, 6) is -0.958. The molecule has 0 radical (unpaired) electrons. The average molecular weight is 299 g/mol. The van der Waals surface area contributed by atoms with Gasteiger partial charge in [0.1, 0.15) is 6.04 Å². The Morgan fingerprint density at radius 3 is 2.50 bits per heavy atom. The summed E-state index contributed by atoms with van der Waals surface area (Å²) in [4.78, 5) is 35.0. The van der Waals surface area contributed by atoms with Gasteiger partial charge in [-0.05, 0) is 24.1 Å². The van der Waals surface area contributed by atoms with Gasteiger partial charge in [0.25, 0.3) is 5.91 Å². The van der Waals surface area contributed by atoms with Gasteiger partial charge in [-0.1, -0.05) is 31.5 Å². The lowest BCUT2D eigenvalue weighted by molar-refractivity contribution is -0.124. The van der Waals surface area contributed by atoms with Crippen molar-refractivity contribution in [2.24, 2.45) is 5.92 Å². The van der Waals surface area contributed by atoms with Gasteiger partial charge >= 0.3 is 6.09 Å². The number of carbonyl (C=O) groups is 3. The van der Waals surface area contributed by atoms with Crippen molar-refractivity contribution < 1.29 is 19.5 Å². The SMILES string of the molecule is CC(C)C(NC(=O)O)C(=O)N(C=O)c1cccc(Cl)c1. The Kier molecular flexibility index (Phi) is 5.52. The Morgan fingerprint density at radius 2 is 2.05 bits per heavy atom. The maximum absolute atomic E-state index is 12.3. The molecule has 0 aliphatic carbocycles. The van der Waals surface area contributed by atoms with Gasteiger partial charge in [-0.2, -0.15) is 0 Å². The molecule has 1 aromatic rings.